The van der Waals surface area contributed by atoms with Crippen molar-refractivity contribution in [3.05, 3.63) is 227 Å². The zero-order valence-corrected chi connectivity index (χ0v) is 59.7. The van der Waals surface area contributed by atoms with Gasteiger partial charge in [0.05, 0.1) is 22.2 Å². The molecule has 0 saturated carbocycles. The van der Waals surface area contributed by atoms with Crippen molar-refractivity contribution in [1.82, 2.24) is 28.1 Å². The SMILES string of the molecule is C.C.C.C.C.C.C.C=C1N(C)C(=O)C(C)=C([O-])N1C.CC1C(=O)N(c2ccccc2)N(c2ccccc2)C1=O.CC1C(=O)c2ccccc2C1=O.CC1C(=O)c2ccccc2S1(=O)=O.CC1N(C)c2ccccc2C1(C)C.CCn1c([O-])c(C)c(=O)n(CC)c1=O.CCn1c([O-])c(C)c(=O)n(CC)c1=S. The molecule has 105 heavy (non-hydrogen) atoms. The number of sulfone groups is 1. The maximum absolute atomic E-state index is 12.4. The molecule has 1 fully saturated rings. The maximum atomic E-state index is 12.4. The molecule has 7 aromatic rings. The molecule has 2 aromatic heterocycles. The molecule has 0 bridgehead atoms. The van der Waals surface area contributed by atoms with Gasteiger partial charge in [0.2, 0.25) is 0 Å². The van der Waals surface area contributed by atoms with E-state index in [0.29, 0.717) is 70.9 Å². The highest BCUT2D eigenvalue weighted by atomic mass is 32.2. The van der Waals surface area contributed by atoms with Crippen LogP contribution in [-0.2, 0) is 55.8 Å². The fourth-order valence-electron chi connectivity index (χ4n) is 11.3. The number of nitrogens with zero attached hydrogens (tertiary/aromatic N) is 9. The molecule has 2 atom stereocenters. The van der Waals surface area contributed by atoms with Crippen molar-refractivity contribution >= 4 is 74.2 Å². The summed E-state index contributed by atoms with van der Waals surface area (Å²) in [5.41, 5.74) is 5.33. The van der Waals surface area contributed by atoms with Gasteiger partial charge in [-0.3, -0.25) is 52.4 Å². The highest BCUT2D eigenvalue weighted by Gasteiger charge is 2.45. The average molecular weight is 1490 g/mol. The lowest BCUT2D eigenvalue weighted by Gasteiger charge is -2.39. The molecular formula is C80H112N9O14S2-3. The van der Waals surface area contributed by atoms with Gasteiger partial charge in [-0.05, 0) is 148 Å². The summed E-state index contributed by atoms with van der Waals surface area (Å²) in [5.74, 6) is -2.81. The Balaban J connectivity index is 0. The average Bonchev–Trinajstić information content (AvgIpc) is 1.63. The molecular weight excluding hydrogens is 1380 g/mol. The van der Waals surface area contributed by atoms with Gasteiger partial charge in [-0.25, -0.2) is 23.2 Å². The number of Topliss-reactive ketones (excluding diaryl/α,β-unsaturated/α-hetero) is 3. The lowest BCUT2D eigenvalue weighted by molar-refractivity contribution is -0.331. The number of ketones is 3. The van der Waals surface area contributed by atoms with Crippen molar-refractivity contribution in [2.75, 3.05) is 36.1 Å². The van der Waals surface area contributed by atoms with Gasteiger partial charge in [0.25, 0.3) is 28.8 Å². The molecule has 12 rings (SSSR count). The summed E-state index contributed by atoms with van der Waals surface area (Å²) in [7, 11) is 1.98. The van der Waals surface area contributed by atoms with Crippen LogP contribution in [0.25, 0.3) is 0 Å². The number of carbonyl (C=O) groups excluding carboxylic acids is 6. The molecule has 576 valence electrons. The molecule has 3 amide bonds. The summed E-state index contributed by atoms with van der Waals surface area (Å²) in [6.45, 7) is 28.4. The van der Waals surface area contributed by atoms with E-state index in [0.717, 1.165) is 9.13 Å². The maximum Gasteiger partial charge on any atom is 0.330 e. The van der Waals surface area contributed by atoms with Crippen LogP contribution >= 0.6 is 12.2 Å². The molecule has 5 aromatic carbocycles. The van der Waals surface area contributed by atoms with E-state index in [4.69, 9.17) is 12.2 Å². The quantitative estimate of drug-likeness (QED) is 0.110. The number of anilines is 3. The summed E-state index contributed by atoms with van der Waals surface area (Å²) < 4.78 is 28.5. The van der Waals surface area contributed by atoms with E-state index in [1.54, 1.807) is 84.3 Å². The highest BCUT2D eigenvalue weighted by Crippen LogP contribution is 2.44. The molecule has 2 unspecified atom stereocenters. The summed E-state index contributed by atoms with van der Waals surface area (Å²) in [6, 6.07) is 41.0. The predicted molar refractivity (Wildman–Crippen MR) is 421 cm³/mol. The second-order valence-electron chi connectivity index (χ2n) is 24.0. The molecule has 0 radical (unpaired) electrons. The van der Waals surface area contributed by atoms with E-state index in [1.165, 1.54) is 74.0 Å². The number of fused-ring (bicyclic) bond motifs is 3. The Bertz CT molecular complexity index is 4450. The van der Waals surface area contributed by atoms with Crippen molar-refractivity contribution in [3.63, 3.8) is 0 Å². The Morgan fingerprint density at radius 2 is 0.867 bits per heavy atom. The Morgan fingerprint density at radius 1 is 0.486 bits per heavy atom. The van der Waals surface area contributed by atoms with Gasteiger partial charge in [0.15, 0.2) is 32.0 Å². The molecule has 5 aliphatic rings. The van der Waals surface area contributed by atoms with Crippen LogP contribution in [-0.4, -0.2) is 104 Å². The van der Waals surface area contributed by atoms with Crippen molar-refractivity contribution in [3.8, 4) is 11.8 Å². The van der Waals surface area contributed by atoms with E-state index in [-0.39, 0.29) is 131 Å². The summed E-state index contributed by atoms with van der Waals surface area (Å²) in [6.07, 6.45) is 0. The molecule has 25 heteroatoms. The predicted octanol–water partition coefficient (Wildman–Crippen LogP) is 12.3. The third-order valence-electron chi connectivity index (χ3n) is 18.0. The fraction of sp³-hybridized carbons (Fsp3) is 0.400. The fourth-order valence-corrected chi connectivity index (χ4v) is 13.3. The van der Waals surface area contributed by atoms with Gasteiger partial charge in [0.1, 0.15) is 17.0 Å². The normalized spacial score (nSPS) is 16.0. The summed E-state index contributed by atoms with van der Waals surface area (Å²) >= 11 is 5.05. The second-order valence-corrected chi connectivity index (χ2v) is 26.6. The molecule has 0 spiro atoms. The molecule has 23 nitrogen and oxygen atoms in total. The van der Waals surface area contributed by atoms with Gasteiger partial charge >= 0.3 is 5.69 Å². The van der Waals surface area contributed by atoms with Crippen molar-refractivity contribution in [1.29, 1.82) is 0 Å². The van der Waals surface area contributed by atoms with Gasteiger partial charge in [0, 0.05) is 97.9 Å². The lowest BCUT2D eigenvalue weighted by Crippen LogP contribution is -2.43. The second kappa shape index (κ2) is 40.1. The number of likely N-dealkylation sites (N-methyl/N-ethyl adjacent to an activating group) is 2. The number of hydrazine groups is 1. The molecule has 1 saturated heterocycles. The van der Waals surface area contributed by atoms with Crippen molar-refractivity contribution in [2.45, 2.75) is 190 Å². The number of carbonyl (C=O) groups is 6. The largest absolute Gasteiger partial charge is 0.860 e. The Labute approximate surface area is 627 Å². The van der Waals surface area contributed by atoms with E-state index < -0.39 is 44.1 Å². The van der Waals surface area contributed by atoms with Crippen LogP contribution in [0.15, 0.2) is 177 Å². The zero-order chi connectivity index (χ0) is 73.3. The minimum atomic E-state index is -3.38. The first kappa shape index (κ1) is 96.8. The summed E-state index contributed by atoms with van der Waals surface area (Å²) in [5, 5.41) is 36.3. The number of hydrogen-bond donors (Lipinski definition) is 0. The number of aromatic nitrogens is 4. The minimum Gasteiger partial charge on any atom is -0.860 e. The van der Waals surface area contributed by atoms with E-state index in [1.807, 2.05) is 74.5 Å². The van der Waals surface area contributed by atoms with Crippen LogP contribution in [0.3, 0.4) is 0 Å². The van der Waals surface area contributed by atoms with Crippen LogP contribution in [0.2, 0.25) is 0 Å². The van der Waals surface area contributed by atoms with Gasteiger partial charge < -0.3 is 34.3 Å². The molecule has 6 heterocycles. The van der Waals surface area contributed by atoms with Crippen molar-refractivity contribution in [2.24, 2.45) is 11.8 Å². The van der Waals surface area contributed by atoms with Crippen LogP contribution < -0.4 is 47.0 Å². The van der Waals surface area contributed by atoms with E-state index in [9.17, 15) is 66.9 Å². The minimum absolute atomic E-state index is 0. The van der Waals surface area contributed by atoms with Crippen LogP contribution in [0.4, 0.5) is 17.1 Å². The van der Waals surface area contributed by atoms with Crippen LogP contribution in [0.1, 0.15) is 176 Å². The Kier molecular flexibility index (Phi) is 37.0. The zero-order valence-electron chi connectivity index (χ0n) is 58.1. The standard InChI is InChI=1S/C16H14N2O2.C12H17N.C10H8O2.C9H14N2O3.C9H14N2O2S.C9H8O3S.C8H12N2O2.7CH4/c1-12-15(19)17(13-8-4-2-5-9-13)18(16(12)20)14-10-6-3-7-11-14;1-9-12(2,3)10-7-5-6-8-11(10)13(9)4;1-6-9(11)7-4-2-3-5-8(7)10(6)12;2*1-4-10-7(12)6(3)8(13)11(5-2)9(10)14;1-6-9(10)7-4-2-3-5-8(7)13(6,11)12;1-5-7(11)9(3)6(2)10(4)8(5)12;;;;;;;/h2-12H,1H3;5-9H,1-4H3;2-6H,1H3;2*12H,4-5H2,1-3H3;2-6H,1H3;11H,2H2,1,3-4H3;7*1H4/p-3. The number of benzene rings is 5. The molecule has 1 aliphatic carbocycles. The Hall–Kier alpha value is -10.3. The number of amides is 3. The first-order valence-electron chi connectivity index (χ1n) is 31.8. The van der Waals surface area contributed by atoms with E-state index in [2.05, 4.69) is 63.6 Å². The third-order valence-corrected chi connectivity index (χ3v) is 20.5. The van der Waals surface area contributed by atoms with Crippen LogP contribution in [0.5, 0.6) is 11.8 Å². The van der Waals surface area contributed by atoms with Gasteiger partial charge in [-0.2, -0.15) is 0 Å². The number of hydrogen-bond acceptors (Lipinski definition) is 17. The third kappa shape index (κ3) is 19.2. The first-order valence-corrected chi connectivity index (χ1v) is 33.8. The topological polar surface area (TPSA) is 293 Å². The number of para-hydroxylation sites is 3. The van der Waals surface area contributed by atoms with E-state index >= 15 is 0 Å². The van der Waals surface area contributed by atoms with Gasteiger partial charge in [-0.1, -0.05) is 169 Å². The smallest absolute Gasteiger partial charge is 0.330 e. The molecule has 0 N–H and O–H groups in total. The monoisotopic (exact) mass is 1490 g/mol. The summed E-state index contributed by atoms with van der Waals surface area (Å²) in [4.78, 5) is 110. The lowest BCUT2D eigenvalue weighted by atomic mass is 9.81. The highest BCUT2D eigenvalue weighted by molar-refractivity contribution is 7.93. The first-order chi connectivity index (χ1) is 46.1. The van der Waals surface area contributed by atoms with Gasteiger partial charge in [-0.15, -0.1) is 0 Å². The molecule has 4 aliphatic heterocycles. The van der Waals surface area contributed by atoms with Crippen molar-refractivity contribution < 1.29 is 52.5 Å². The number of rotatable bonds is 6. The Morgan fingerprint density at radius 3 is 1.29 bits per heavy atom. The van der Waals surface area contributed by atoms with Crippen LogP contribution in [0, 0.1) is 30.5 Å².